The predicted octanol–water partition coefficient (Wildman–Crippen LogP) is 2.57. The molecule has 8 heteroatoms. The molecule has 0 aliphatic carbocycles. The quantitative estimate of drug-likeness (QED) is 0.647. The Morgan fingerprint density at radius 3 is 2.82 bits per heavy atom. The number of carbonyl (C=O) groups is 2. The Bertz CT molecular complexity index is 998. The van der Waals surface area contributed by atoms with Gasteiger partial charge >= 0.3 is 0 Å². The highest BCUT2D eigenvalue weighted by atomic mass is 35.5. The number of H-pyrrole nitrogens is 1. The van der Waals surface area contributed by atoms with Crippen molar-refractivity contribution in [1.29, 1.82) is 0 Å². The van der Waals surface area contributed by atoms with Gasteiger partial charge in [0.25, 0.3) is 5.91 Å². The number of nitrogens with zero attached hydrogens (tertiary/aromatic N) is 3. The van der Waals surface area contributed by atoms with Gasteiger partial charge in [-0.25, -0.2) is 4.98 Å². The summed E-state index contributed by atoms with van der Waals surface area (Å²) in [5.74, 6) is -0.399. The summed E-state index contributed by atoms with van der Waals surface area (Å²) in [5.41, 5.74) is 1.97. The molecule has 2 N–H and O–H groups in total. The van der Waals surface area contributed by atoms with Crippen LogP contribution in [0, 0.1) is 0 Å². The Kier molecular flexibility index (Phi) is 5.25. The summed E-state index contributed by atoms with van der Waals surface area (Å²) in [6.45, 7) is 1.46. The van der Waals surface area contributed by atoms with Crippen molar-refractivity contribution in [2.24, 2.45) is 0 Å². The number of amides is 2. The summed E-state index contributed by atoms with van der Waals surface area (Å²) < 4.78 is 0. The van der Waals surface area contributed by atoms with Crippen LogP contribution < -0.4 is 5.32 Å². The standard InChI is InChI=1S/C20H20ClN5O2/c21-18-10-14-9-15(24-17(14)12-23-18)19(27)25-16(8-13-4-3-5-22-11-13)20(28)26-6-1-2-7-26/h3-5,9-12,16,24H,1-2,6-8H2,(H,25,27)/t16-/m0/s1. The molecular weight excluding hydrogens is 378 g/mol. The zero-order chi connectivity index (χ0) is 19.5. The number of halogens is 1. The number of fused-ring (bicyclic) bond motifs is 1. The fourth-order valence-electron chi connectivity index (χ4n) is 3.48. The molecule has 4 heterocycles. The van der Waals surface area contributed by atoms with E-state index in [0.29, 0.717) is 22.8 Å². The van der Waals surface area contributed by atoms with E-state index in [9.17, 15) is 9.59 Å². The molecule has 144 valence electrons. The van der Waals surface area contributed by atoms with Crippen molar-refractivity contribution in [3.8, 4) is 0 Å². The molecule has 3 aromatic heterocycles. The van der Waals surface area contributed by atoms with Crippen molar-refractivity contribution in [1.82, 2.24) is 25.2 Å². The van der Waals surface area contributed by atoms with Gasteiger partial charge in [-0.1, -0.05) is 17.7 Å². The largest absolute Gasteiger partial charge is 0.349 e. The van der Waals surface area contributed by atoms with E-state index in [1.807, 2.05) is 17.0 Å². The molecule has 28 heavy (non-hydrogen) atoms. The molecule has 0 saturated carbocycles. The fourth-order valence-corrected chi connectivity index (χ4v) is 3.64. The monoisotopic (exact) mass is 397 g/mol. The highest BCUT2D eigenvalue weighted by molar-refractivity contribution is 6.30. The van der Waals surface area contributed by atoms with E-state index in [2.05, 4.69) is 20.3 Å². The predicted molar refractivity (Wildman–Crippen MR) is 106 cm³/mol. The van der Waals surface area contributed by atoms with Gasteiger partial charge in [0.15, 0.2) is 0 Å². The lowest BCUT2D eigenvalue weighted by Gasteiger charge is -2.24. The molecule has 1 saturated heterocycles. The first kappa shape index (κ1) is 18.4. The number of hydrogen-bond donors (Lipinski definition) is 2. The van der Waals surface area contributed by atoms with Crippen LogP contribution in [0.2, 0.25) is 5.15 Å². The molecule has 0 spiro atoms. The van der Waals surface area contributed by atoms with Crippen molar-refractivity contribution in [3.05, 3.63) is 59.3 Å². The lowest BCUT2D eigenvalue weighted by atomic mass is 10.1. The number of hydrogen-bond acceptors (Lipinski definition) is 4. The minimum absolute atomic E-state index is 0.0597. The molecule has 4 rings (SSSR count). The third-order valence-electron chi connectivity index (χ3n) is 4.90. The SMILES string of the molecule is O=C(N[C@@H](Cc1cccnc1)C(=O)N1CCCC1)c1cc2cc(Cl)ncc2[nH]1. The maximum Gasteiger partial charge on any atom is 0.268 e. The van der Waals surface area contributed by atoms with Crippen molar-refractivity contribution in [2.45, 2.75) is 25.3 Å². The normalized spacial score (nSPS) is 15.0. The minimum atomic E-state index is -0.650. The van der Waals surface area contributed by atoms with Crippen molar-refractivity contribution >= 4 is 34.3 Å². The Balaban J connectivity index is 1.56. The van der Waals surface area contributed by atoms with Crippen molar-refractivity contribution < 1.29 is 9.59 Å². The second-order valence-corrected chi connectivity index (χ2v) is 7.29. The summed E-state index contributed by atoms with van der Waals surface area (Å²) in [5, 5.41) is 4.04. The van der Waals surface area contributed by atoms with E-state index in [1.54, 1.807) is 30.7 Å². The molecule has 1 atom stereocenters. The molecule has 1 aliphatic heterocycles. The van der Waals surface area contributed by atoms with E-state index >= 15 is 0 Å². The lowest BCUT2D eigenvalue weighted by Crippen LogP contribution is -2.49. The first-order chi connectivity index (χ1) is 13.6. The van der Waals surface area contributed by atoms with Crippen LogP contribution in [0.3, 0.4) is 0 Å². The molecule has 7 nitrogen and oxygen atoms in total. The van der Waals surface area contributed by atoms with Gasteiger partial charge in [0.05, 0.1) is 11.7 Å². The van der Waals surface area contributed by atoms with E-state index < -0.39 is 6.04 Å². The zero-order valence-electron chi connectivity index (χ0n) is 15.2. The highest BCUT2D eigenvalue weighted by Gasteiger charge is 2.28. The zero-order valence-corrected chi connectivity index (χ0v) is 15.9. The lowest BCUT2D eigenvalue weighted by molar-refractivity contribution is -0.132. The molecule has 0 unspecified atom stereocenters. The number of aromatic amines is 1. The molecule has 2 amide bonds. The van der Waals surface area contributed by atoms with Gasteiger partial charge in [-0.3, -0.25) is 14.6 Å². The van der Waals surface area contributed by atoms with Crippen LogP contribution in [0.1, 0.15) is 28.9 Å². The van der Waals surface area contributed by atoms with Crippen LogP contribution in [0.5, 0.6) is 0 Å². The first-order valence-electron chi connectivity index (χ1n) is 9.23. The first-order valence-corrected chi connectivity index (χ1v) is 9.61. The minimum Gasteiger partial charge on any atom is -0.349 e. The van der Waals surface area contributed by atoms with Gasteiger partial charge in [-0.15, -0.1) is 0 Å². The Morgan fingerprint density at radius 1 is 1.25 bits per heavy atom. The Hall–Kier alpha value is -2.93. The van der Waals surface area contributed by atoms with E-state index in [4.69, 9.17) is 11.6 Å². The van der Waals surface area contributed by atoms with E-state index in [0.717, 1.165) is 36.9 Å². The van der Waals surface area contributed by atoms with Gasteiger partial charge in [0.1, 0.15) is 16.9 Å². The maximum atomic E-state index is 13.0. The van der Waals surface area contributed by atoms with Gasteiger partial charge < -0.3 is 15.2 Å². The second kappa shape index (κ2) is 7.98. The number of aromatic nitrogens is 3. The third kappa shape index (κ3) is 3.99. The van der Waals surface area contributed by atoms with E-state index in [-0.39, 0.29) is 11.8 Å². The van der Waals surface area contributed by atoms with Crippen LogP contribution in [0.25, 0.3) is 10.9 Å². The Morgan fingerprint density at radius 2 is 2.07 bits per heavy atom. The van der Waals surface area contributed by atoms with Crippen LogP contribution in [0.15, 0.2) is 42.9 Å². The van der Waals surface area contributed by atoms with Crippen molar-refractivity contribution in [2.75, 3.05) is 13.1 Å². The average molecular weight is 398 g/mol. The number of rotatable bonds is 5. The maximum absolute atomic E-state index is 13.0. The van der Waals surface area contributed by atoms with Crippen LogP contribution in [-0.4, -0.2) is 50.8 Å². The topological polar surface area (TPSA) is 91.0 Å². The molecule has 3 aromatic rings. The number of likely N-dealkylation sites (tertiary alicyclic amines) is 1. The number of carbonyl (C=O) groups excluding carboxylic acids is 2. The smallest absolute Gasteiger partial charge is 0.268 e. The molecule has 0 radical (unpaired) electrons. The van der Waals surface area contributed by atoms with Gasteiger partial charge in [-0.05, 0) is 36.6 Å². The van der Waals surface area contributed by atoms with Gasteiger partial charge in [0.2, 0.25) is 5.91 Å². The summed E-state index contributed by atoms with van der Waals surface area (Å²) in [6.07, 6.45) is 7.36. The second-order valence-electron chi connectivity index (χ2n) is 6.90. The van der Waals surface area contributed by atoms with Gasteiger partial charge in [0, 0.05) is 37.3 Å². The van der Waals surface area contributed by atoms with Crippen molar-refractivity contribution in [3.63, 3.8) is 0 Å². The summed E-state index contributed by atoms with van der Waals surface area (Å²) in [6, 6.07) is 6.47. The number of nitrogens with one attached hydrogen (secondary N) is 2. The van der Waals surface area contributed by atoms with E-state index in [1.165, 1.54) is 0 Å². The number of pyridine rings is 2. The molecular formula is C20H20ClN5O2. The average Bonchev–Trinajstić information content (AvgIpc) is 3.37. The molecule has 0 aromatic carbocycles. The highest BCUT2D eigenvalue weighted by Crippen LogP contribution is 2.18. The van der Waals surface area contributed by atoms with Crippen LogP contribution >= 0.6 is 11.6 Å². The summed E-state index contributed by atoms with van der Waals surface area (Å²) >= 11 is 5.91. The fraction of sp³-hybridized carbons (Fsp3) is 0.300. The molecule has 0 bridgehead atoms. The molecule has 1 aliphatic rings. The van der Waals surface area contributed by atoms with Crippen LogP contribution in [-0.2, 0) is 11.2 Å². The molecule has 1 fully saturated rings. The third-order valence-corrected chi connectivity index (χ3v) is 5.11. The van der Waals surface area contributed by atoms with Crippen LogP contribution in [0.4, 0.5) is 0 Å². The summed E-state index contributed by atoms with van der Waals surface area (Å²) in [4.78, 5) is 38.8. The van der Waals surface area contributed by atoms with Gasteiger partial charge in [-0.2, -0.15) is 0 Å². The summed E-state index contributed by atoms with van der Waals surface area (Å²) in [7, 11) is 0. The Labute approximate surface area is 167 Å².